The quantitative estimate of drug-likeness (QED) is 0.839. The van der Waals surface area contributed by atoms with Gasteiger partial charge in [0.15, 0.2) is 0 Å². The fourth-order valence-electron chi connectivity index (χ4n) is 1.39. The molecule has 0 radical (unpaired) electrons. The molecule has 1 saturated heterocycles. The predicted octanol–water partition coefficient (Wildman–Crippen LogP) is 2.28. The van der Waals surface area contributed by atoms with Gasteiger partial charge in [-0.1, -0.05) is 11.6 Å². The van der Waals surface area contributed by atoms with Crippen LogP contribution in [0.4, 0.5) is 0 Å². The van der Waals surface area contributed by atoms with Gasteiger partial charge in [-0.3, -0.25) is 0 Å². The molecule has 0 bridgehead atoms. The van der Waals surface area contributed by atoms with Gasteiger partial charge in [-0.15, -0.1) is 11.3 Å². The molecule has 2 heterocycles. The molecule has 1 N–H and O–H groups in total. The number of halogens is 1. The third kappa shape index (κ3) is 2.68. The second-order valence-electron chi connectivity index (χ2n) is 3.15. The van der Waals surface area contributed by atoms with Crippen LogP contribution >= 0.6 is 22.9 Å². The van der Waals surface area contributed by atoms with Crippen LogP contribution in [0.3, 0.4) is 0 Å². The Bertz CT molecular complexity index is 270. The van der Waals surface area contributed by atoms with E-state index < -0.39 is 0 Å². The lowest BCUT2D eigenvalue weighted by molar-refractivity contribution is 0.190. The van der Waals surface area contributed by atoms with Gasteiger partial charge in [0.1, 0.15) is 0 Å². The van der Waals surface area contributed by atoms with Crippen LogP contribution in [-0.4, -0.2) is 19.3 Å². The summed E-state index contributed by atoms with van der Waals surface area (Å²) in [6, 6.07) is 4.53. The highest BCUT2D eigenvalue weighted by molar-refractivity contribution is 7.16. The van der Waals surface area contributed by atoms with Crippen molar-refractivity contribution in [2.24, 2.45) is 0 Å². The lowest BCUT2D eigenvalue weighted by atomic mass is 10.2. The highest BCUT2D eigenvalue weighted by atomic mass is 35.5. The predicted molar refractivity (Wildman–Crippen MR) is 55.4 cm³/mol. The van der Waals surface area contributed by atoms with Crippen molar-refractivity contribution >= 4 is 22.9 Å². The molecular weight excluding hydrogens is 206 g/mol. The number of ether oxygens (including phenoxy) is 1. The van der Waals surface area contributed by atoms with E-state index in [4.69, 9.17) is 16.3 Å². The Morgan fingerprint density at radius 1 is 1.62 bits per heavy atom. The van der Waals surface area contributed by atoms with Crippen LogP contribution in [0.1, 0.15) is 11.3 Å². The molecule has 1 aromatic rings. The molecule has 0 spiro atoms. The van der Waals surface area contributed by atoms with Crippen molar-refractivity contribution in [3.05, 3.63) is 21.3 Å². The van der Waals surface area contributed by atoms with E-state index >= 15 is 0 Å². The largest absolute Gasteiger partial charge is 0.380 e. The molecule has 2 rings (SSSR count). The fraction of sp³-hybridized carbons (Fsp3) is 0.556. The van der Waals surface area contributed by atoms with E-state index in [1.165, 1.54) is 4.88 Å². The van der Waals surface area contributed by atoms with Gasteiger partial charge in [0.25, 0.3) is 0 Å². The Morgan fingerprint density at radius 2 is 2.54 bits per heavy atom. The zero-order valence-corrected chi connectivity index (χ0v) is 8.83. The summed E-state index contributed by atoms with van der Waals surface area (Å²) >= 11 is 7.46. The molecular formula is C9H12ClNOS. The fourth-order valence-corrected chi connectivity index (χ4v) is 2.43. The van der Waals surface area contributed by atoms with Crippen molar-refractivity contribution in [1.29, 1.82) is 0 Å². The Labute approximate surface area is 86.9 Å². The highest BCUT2D eigenvalue weighted by Gasteiger charge is 2.14. The SMILES string of the molecule is Clc1ccc(CNC2CCOC2)s1. The summed E-state index contributed by atoms with van der Waals surface area (Å²) in [6.45, 7) is 2.65. The van der Waals surface area contributed by atoms with Gasteiger partial charge < -0.3 is 10.1 Å². The lowest BCUT2D eigenvalue weighted by Gasteiger charge is -2.08. The Morgan fingerprint density at radius 3 is 3.15 bits per heavy atom. The maximum absolute atomic E-state index is 5.82. The number of rotatable bonds is 3. The third-order valence-corrected chi connectivity index (χ3v) is 3.35. The van der Waals surface area contributed by atoms with Crippen LogP contribution in [-0.2, 0) is 11.3 Å². The van der Waals surface area contributed by atoms with E-state index in [1.807, 2.05) is 6.07 Å². The number of hydrogen-bond acceptors (Lipinski definition) is 3. The molecule has 1 aliphatic heterocycles. The summed E-state index contributed by atoms with van der Waals surface area (Å²) < 4.78 is 6.13. The van der Waals surface area contributed by atoms with Crippen LogP contribution in [0.2, 0.25) is 4.34 Å². The maximum Gasteiger partial charge on any atom is 0.0931 e. The molecule has 0 aliphatic carbocycles. The van der Waals surface area contributed by atoms with Gasteiger partial charge in [-0.25, -0.2) is 0 Å². The molecule has 1 aliphatic rings. The van der Waals surface area contributed by atoms with E-state index in [-0.39, 0.29) is 0 Å². The summed E-state index contributed by atoms with van der Waals surface area (Å²) in [7, 11) is 0. The van der Waals surface area contributed by atoms with E-state index in [1.54, 1.807) is 11.3 Å². The molecule has 2 nitrogen and oxygen atoms in total. The zero-order chi connectivity index (χ0) is 9.10. The maximum atomic E-state index is 5.82. The number of thiophene rings is 1. The Balaban J connectivity index is 1.78. The van der Waals surface area contributed by atoms with Crippen molar-refractivity contribution in [1.82, 2.24) is 5.32 Å². The average Bonchev–Trinajstić information content (AvgIpc) is 2.71. The molecule has 1 unspecified atom stereocenters. The molecule has 13 heavy (non-hydrogen) atoms. The Hall–Kier alpha value is -0.0900. The molecule has 0 amide bonds. The van der Waals surface area contributed by atoms with Crippen LogP contribution < -0.4 is 5.32 Å². The molecule has 1 fully saturated rings. The van der Waals surface area contributed by atoms with E-state index in [2.05, 4.69) is 11.4 Å². The van der Waals surface area contributed by atoms with Crippen LogP contribution in [0.25, 0.3) is 0 Å². The van der Waals surface area contributed by atoms with Crippen molar-refractivity contribution < 1.29 is 4.74 Å². The molecule has 1 aromatic heterocycles. The van der Waals surface area contributed by atoms with Gasteiger partial charge in [0.05, 0.1) is 10.9 Å². The molecule has 4 heteroatoms. The van der Waals surface area contributed by atoms with Gasteiger partial charge in [0.2, 0.25) is 0 Å². The monoisotopic (exact) mass is 217 g/mol. The summed E-state index contributed by atoms with van der Waals surface area (Å²) in [5, 5.41) is 3.44. The standard InChI is InChI=1S/C9H12ClNOS/c10-9-2-1-8(13-9)5-11-7-3-4-12-6-7/h1-2,7,11H,3-6H2. The third-order valence-electron chi connectivity index (χ3n) is 2.12. The lowest BCUT2D eigenvalue weighted by Crippen LogP contribution is -2.28. The van der Waals surface area contributed by atoms with Crippen molar-refractivity contribution in [2.75, 3.05) is 13.2 Å². The average molecular weight is 218 g/mol. The number of hydrogen-bond donors (Lipinski definition) is 1. The minimum Gasteiger partial charge on any atom is -0.380 e. The second kappa shape index (κ2) is 4.42. The first-order chi connectivity index (χ1) is 6.34. The van der Waals surface area contributed by atoms with Crippen molar-refractivity contribution in [2.45, 2.75) is 19.0 Å². The van der Waals surface area contributed by atoms with Crippen LogP contribution in [0.15, 0.2) is 12.1 Å². The topological polar surface area (TPSA) is 21.3 Å². The van der Waals surface area contributed by atoms with Crippen LogP contribution in [0, 0.1) is 0 Å². The van der Waals surface area contributed by atoms with Crippen molar-refractivity contribution in [3.63, 3.8) is 0 Å². The normalized spacial score (nSPS) is 22.4. The minimum absolute atomic E-state index is 0.529. The smallest absolute Gasteiger partial charge is 0.0931 e. The second-order valence-corrected chi connectivity index (χ2v) is 4.95. The first kappa shape index (κ1) is 9.46. The summed E-state index contributed by atoms with van der Waals surface area (Å²) in [5.41, 5.74) is 0. The summed E-state index contributed by atoms with van der Waals surface area (Å²) in [5.74, 6) is 0. The first-order valence-electron chi connectivity index (χ1n) is 4.40. The first-order valence-corrected chi connectivity index (χ1v) is 5.59. The van der Waals surface area contributed by atoms with Crippen molar-refractivity contribution in [3.8, 4) is 0 Å². The number of nitrogens with one attached hydrogen (secondary N) is 1. The van der Waals surface area contributed by atoms with E-state index in [9.17, 15) is 0 Å². The molecule has 0 saturated carbocycles. The van der Waals surface area contributed by atoms with Gasteiger partial charge in [-0.05, 0) is 18.6 Å². The van der Waals surface area contributed by atoms with Gasteiger partial charge in [0, 0.05) is 24.1 Å². The summed E-state index contributed by atoms with van der Waals surface area (Å²) in [4.78, 5) is 1.29. The van der Waals surface area contributed by atoms with E-state index in [0.29, 0.717) is 6.04 Å². The molecule has 1 atom stereocenters. The summed E-state index contributed by atoms with van der Waals surface area (Å²) in [6.07, 6.45) is 1.12. The Kier molecular flexibility index (Phi) is 3.22. The van der Waals surface area contributed by atoms with Gasteiger partial charge >= 0.3 is 0 Å². The molecule has 72 valence electrons. The van der Waals surface area contributed by atoms with E-state index in [0.717, 1.165) is 30.5 Å². The minimum atomic E-state index is 0.529. The molecule has 0 aromatic carbocycles. The highest BCUT2D eigenvalue weighted by Crippen LogP contribution is 2.21. The van der Waals surface area contributed by atoms with Gasteiger partial charge in [-0.2, -0.15) is 0 Å². The zero-order valence-electron chi connectivity index (χ0n) is 7.25. The van der Waals surface area contributed by atoms with Crippen LogP contribution in [0.5, 0.6) is 0 Å².